The molecule has 3 heterocycles. The predicted octanol–water partition coefficient (Wildman–Crippen LogP) is 2.52. The number of nitrogens with zero attached hydrogens (tertiary/aromatic N) is 2. The summed E-state index contributed by atoms with van der Waals surface area (Å²) in [6.45, 7) is 2.16. The Hall–Kier alpha value is -2.11. The highest BCUT2D eigenvalue weighted by atomic mass is 35.5. The van der Waals surface area contributed by atoms with Gasteiger partial charge in [-0.05, 0) is 43.5 Å². The normalized spacial score (nSPS) is 22.3. The zero-order chi connectivity index (χ0) is 18.1. The SMILES string of the molecule is O=C(c1ccc(=O)n(Cc2ccccc2Cl)c1)N1C2CCNCC1CC2. The Morgan fingerprint density at radius 2 is 1.92 bits per heavy atom. The summed E-state index contributed by atoms with van der Waals surface area (Å²) in [5.74, 6) is 0.0223. The van der Waals surface area contributed by atoms with E-state index in [4.69, 9.17) is 11.6 Å². The first kappa shape index (κ1) is 17.3. The van der Waals surface area contributed by atoms with Crippen molar-refractivity contribution in [2.75, 3.05) is 13.1 Å². The van der Waals surface area contributed by atoms with E-state index in [1.807, 2.05) is 23.1 Å². The number of pyridine rings is 1. The van der Waals surface area contributed by atoms with Crippen molar-refractivity contribution in [2.24, 2.45) is 0 Å². The van der Waals surface area contributed by atoms with Gasteiger partial charge in [0, 0.05) is 35.9 Å². The summed E-state index contributed by atoms with van der Waals surface area (Å²) in [6, 6.07) is 11.1. The van der Waals surface area contributed by atoms with Crippen molar-refractivity contribution in [3.05, 3.63) is 69.1 Å². The second-order valence-corrected chi connectivity index (χ2v) is 7.47. The lowest BCUT2D eigenvalue weighted by atomic mass is 10.1. The average Bonchev–Trinajstić information content (AvgIpc) is 2.91. The van der Waals surface area contributed by atoms with Gasteiger partial charge in [0.25, 0.3) is 11.5 Å². The summed E-state index contributed by atoms with van der Waals surface area (Å²) >= 11 is 6.22. The van der Waals surface area contributed by atoms with Crippen LogP contribution in [0, 0.1) is 0 Å². The molecule has 2 bridgehead atoms. The van der Waals surface area contributed by atoms with Gasteiger partial charge in [-0.3, -0.25) is 9.59 Å². The summed E-state index contributed by atoms with van der Waals surface area (Å²) in [4.78, 5) is 27.4. The number of benzene rings is 1. The topological polar surface area (TPSA) is 54.3 Å². The van der Waals surface area contributed by atoms with E-state index in [0.29, 0.717) is 23.2 Å². The van der Waals surface area contributed by atoms with E-state index in [-0.39, 0.29) is 17.5 Å². The van der Waals surface area contributed by atoms with Crippen LogP contribution in [0.5, 0.6) is 0 Å². The van der Waals surface area contributed by atoms with Gasteiger partial charge in [0.15, 0.2) is 0 Å². The molecule has 26 heavy (non-hydrogen) atoms. The summed E-state index contributed by atoms with van der Waals surface area (Å²) in [7, 11) is 0. The minimum Gasteiger partial charge on any atom is -0.331 e. The van der Waals surface area contributed by atoms with E-state index in [0.717, 1.165) is 37.9 Å². The molecule has 2 saturated heterocycles. The summed E-state index contributed by atoms with van der Waals surface area (Å²) < 4.78 is 1.56. The first-order valence-electron chi connectivity index (χ1n) is 9.11. The third-order valence-corrected chi connectivity index (χ3v) is 5.79. The highest BCUT2D eigenvalue weighted by Gasteiger charge is 2.38. The van der Waals surface area contributed by atoms with Gasteiger partial charge in [-0.1, -0.05) is 29.8 Å². The number of carbonyl (C=O) groups is 1. The molecule has 2 aliphatic rings. The third-order valence-electron chi connectivity index (χ3n) is 5.42. The van der Waals surface area contributed by atoms with Crippen LogP contribution in [0.3, 0.4) is 0 Å². The highest BCUT2D eigenvalue weighted by Crippen LogP contribution is 2.29. The van der Waals surface area contributed by atoms with Crippen LogP contribution in [0.4, 0.5) is 0 Å². The Balaban J connectivity index is 1.62. The van der Waals surface area contributed by atoms with Crippen LogP contribution >= 0.6 is 11.6 Å². The Labute approximate surface area is 157 Å². The highest BCUT2D eigenvalue weighted by molar-refractivity contribution is 6.31. The Morgan fingerprint density at radius 1 is 1.12 bits per heavy atom. The molecular formula is C20H22ClN3O2. The minimum atomic E-state index is -0.137. The quantitative estimate of drug-likeness (QED) is 0.902. The zero-order valence-electron chi connectivity index (χ0n) is 14.5. The standard InChI is InChI=1S/C20H22ClN3O2/c21-18-4-2-1-3-14(18)12-23-13-15(5-8-19(23)25)20(26)24-16-6-7-17(24)11-22-10-9-16/h1-5,8,13,16-17,22H,6-7,9-12H2. The fourth-order valence-electron chi connectivity index (χ4n) is 4.05. The van der Waals surface area contributed by atoms with Gasteiger partial charge in [0.1, 0.15) is 0 Å². The summed E-state index contributed by atoms with van der Waals surface area (Å²) in [6.07, 6.45) is 4.77. The molecule has 2 fully saturated rings. The lowest BCUT2D eigenvalue weighted by molar-refractivity contribution is 0.0679. The van der Waals surface area contributed by atoms with Crippen LogP contribution in [0.1, 0.15) is 35.2 Å². The molecule has 2 atom stereocenters. The fraction of sp³-hybridized carbons (Fsp3) is 0.400. The van der Waals surface area contributed by atoms with Gasteiger partial charge in [0.05, 0.1) is 12.1 Å². The first-order valence-corrected chi connectivity index (χ1v) is 9.48. The minimum absolute atomic E-state index is 0.0223. The van der Waals surface area contributed by atoms with E-state index in [1.54, 1.807) is 22.9 Å². The van der Waals surface area contributed by atoms with Crippen LogP contribution in [-0.2, 0) is 6.54 Å². The average molecular weight is 372 g/mol. The molecule has 0 radical (unpaired) electrons. The molecule has 6 heteroatoms. The van der Waals surface area contributed by atoms with Crippen LogP contribution in [0.15, 0.2) is 47.4 Å². The Bertz CT molecular complexity index is 865. The molecule has 136 valence electrons. The summed E-state index contributed by atoms with van der Waals surface area (Å²) in [5, 5.41) is 4.03. The summed E-state index contributed by atoms with van der Waals surface area (Å²) in [5.41, 5.74) is 1.29. The maximum Gasteiger partial charge on any atom is 0.255 e. The molecule has 1 aromatic heterocycles. The van der Waals surface area contributed by atoms with Gasteiger partial charge < -0.3 is 14.8 Å². The van der Waals surface area contributed by atoms with E-state index in [1.165, 1.54) is 6.07 Å². The molecule has 1 amide bonds. The Kier molecular flexibility index (Phi) is 4.83. The van der Waals surface area contributed by atoms with Crippen molar-refractivity contribution in [3.8, 4) is 0 Å². The maximum atomic E-state index is 13.2. The molecule has 0 aliphatic carbocycles. The van der Waals surface area contributed by atoms with E-state index in [9.17, 15) is 9.59 Å². The molecule has 2 aromatic rings. The van der Waals surface area contributed by atoms with Crippen LogP contribution in [0.25, 0.3) is 0 Å². The molecule has 5 nitrogen and oxygen atoms in total. The molecule has 1 aromatic carbocycles. The molecular weight excluding hydrogens is 350 g/mol. The number of fused-ring (bicyclic) bond motifs is 2. The van der Waals surface area contributed by atoms with Gasteiger partial charge >= 0.3 is 0 Å². The second-order valence-electron chi connectivity index (χ2n) is 7.07. The zero-order valence-corrected chi connectivity index (χ0v) is 15.3. The number of aromatic nitrogens is 1. The number of halogens is 1. The first-order chi connectivity index (χ1) is 12.6. The van der Waals surface area contributed by atoms with Crippen molar-refractivity contribution in [1.82, 2.24) is 14.8 Å². The lowest BCUT2D eigenvalue weighted by Crippen LogP contribution is -2.42. The van der Waals surface area contributed by atoms with Crippen LogP contribution in [-0.4, -0.2) is 40.5 Å². The predicted molar refractivity (Wildman–Crippen MR) is 102 cm³/mol. The number of carbonyl (C=O) groups excluding carboxylic acids is 1. The van der Waals surface area contributed by atoms with Crippen molar-refractivity contribution in [3.63, 3.8) is 0 Å². The smallest absolute Gasteiger partial charge is 0.255 e. The monoisotopic (exact) mass is 371 g/mol. The molecule has 2 unspecified atom stereocenters. The maximum absolute atomic E-state index is 13.2. The van der Waals surface area contributed by atoms with Crippen LogP contribution < -0.4 is 10.9 Å². The second kappa shape index (κ2) is 7.25. The van der Waals surface area contributed by atoms with E-state index < -0.39 is 0 Å². The molecule has 2 aliphatic heterocycles. The molecule has 0 saturated carbocycles. The number of amides is 1. The number of hydrogen-bond acceptors (Lipinski definition) is 3. The number of hydrogen-bond donors (Lipinski definition) is 1. The Morgan fingerprint density at radius 3 is 2.77 bits per heavy atom. The van der Waals surface area contributed by atoms with Crippen molar-refractivity contribution in [2.45, 2.75) is 37.9 Å². The van der Waals surface area contributed by atoms with Gasteiger partial charge in [0.2, 0.25) is 0 Å². The molecule has 4 rings (SSSR count). The molecule has 0 spiro atoms. The van der Waals surface area contributed by atoms with Crippen molar-refractivity contribution >= 4 is 17.5 Å². The van der Waals surface area contributed by atoms with Gasteiger partial charge in [-0.2, -0.15) is 0 Å². The molecule has 1 N–H and O–H groups in total. The van der Waals surface area contributed by atoms with Gasteiger partial charge in [-0.25, -0.2) is 0 Å². The third kappa shape index (κ3) is 3.29. The van der Waals surface area contributed by atoms with Gasteiger partial charge in [-0.15, -0.1) is 0 Å². The van der Waals surface area contributed by atoms with E-state index in [2.05, 4.69) is 5.32 Å². The number of rotatable bonds is 3. The van der Waals surface area contributed by atoms with Crippen molar-refractivity contribution in [1.29, 1.82) is 0 Å². The van der Waals surface area contributed by atoms with Crippen molar-refractivity contribution < 1.29 is 4.79 Å². The number of nitrogens with one attached hydrogen (secondary N) is 1. The fourth-order valence-corrected chi connectivity index (χ4v) is 4.25. The largest absolute Gasteiger partial charge is 0.331 e. The lowest BCUT2D eigenvalue weighted by Gasteiger charge is -2.28. The van der Waals surface area contributed by atoms with E-state index >= 15 is 0 Å². The van der Waals surface area contributed by atoms with Crippen LogP contribution in [0.2, 0.25) is 5.02 Å².